The quantitative estimate of drug-likeness (QED) is 0.658. The molecule has 1 aliphatic rings. The summed E-state index contributed by atoms with van der Waals surface area (Å²) in [6, 6.07) is 11.9. The van der Waals surface area contributed by atoms with Crippen molar-refractivity contribution in [2.75, 3.05) is 20.8 Å². The van der Waals surface area contributed by atoms with Gasteiger partial charge < -0.3 is 14.4 Å². The molecule has 26 heavy (non-hydrogen) atoms. The Bertz CT molecular complexity index is 904. The van der Waals surface area contributed by atoms with Crippen molar-refractivity contribution in [1.82, 2.24) is 4.90 Å². The van der Waals surface area contributed by atoms with Crippen LogP contribution in [-0.2, 0) is 6.42 Å². The molecule has 1 aromatic carbocycles. The SMILES string of the molecule is COc1cc2c(cc1OC)C(c1cccs1)N(C(=O)c1cccs1)CC2. The highest BCUT2D eigenvalue weighted by Gasteiger charge is 2.34. The third-order valence-electron chi connectivity index (χ3n) is 4.68. The zero-order valence-corrected chi connectivity index (χ0v) is 16.2. The number of nitrogens with zero attached hydrogens (tertiary/aromatic N) is 1. The van der Waals surface area contributed by atoms with Gasteiger partial charge in [-0.05, 0) is 52.6 Å². The molecule has 6 heteroatoms. The van der Waals surface area contributed by atoms with Gasteiger partial charge in [-0.15, -0.1) is 22.7 Å². The lowest BCUT2D eigenvalue weighted by Gasteiger charge is -2.37. The van der Waals surface area contributed by atoms with Crippen LogP contribution >= 0.6 is 22.7 Å². The summed E-state index contributed by atoms with van der Waals surface area (Å²) >= 11 is 3.16. The Morgan fingerprint density at radius 3 is 2.46 bits per heavy atom. The average Bonchev–Trinajstić information content (AvgIpc) is 3.39. The molecule has 1 aliphatic heterocycles. The molecule has 134 valence electrons. The van der Waals surface area contributed by atoms with Crippen molar-refractivity contribution >= 4 is 28.6 Å². The molecular weight excluding hydrogens is 366 g/mol. The summed E-state index contributed by atoms with van der Waals surface area (Å²) in [7, 11) is 3.29. The Labute approximate surface area is 160 Å². The van der Waals surface area contributed by atoms with Gasteiger partial charge in [0.05, 0.1) is 25.1 Å². The highest BCUT2D eigenvalue weighted by atomic mass is 32.1. The lowest BCUT2D eigenvalue weighted by atomic mass is 9.90. The average molecular weight is 386 g/mol. The van der Waals surface area contributed by atoms with Crippen molar-refractivity contribution in [3.8, 4) is 11.5 Å². The van der Waals surface area contributed by atoms with Crippen LogP contribution < -0.4 is 9.47 Å². The minimum atomic E-state index is -0.104. The van der Waals surface area contributed by atoms with Gasteiger partial charge in [0.2, 0.25) is 0 Å². The number of benzene rings is 1. The molecule has 0 fully saturated rings. The van der Waals surface area contributed by atoms with Crippen molar-refractivity contribution in [2.24, 2.45) is 0 Å². The van der Waals surface area contributed by atoms with Crippen LogP contribution in [-0.4, -0.2) is 31.6 Å². The molecule has 4 nitrogen and oxygen atoms in total. The fourth-order valence-corrected chi connectivity index (χ4v) is 4.99. The number of carbonyl (C=O) groups is 1. The molecule has 1 atom stereocenters. The molecule has 0 saturated heterocycles. The van der Waals surface area contributed by atoms with Gasteiger partial charge in [-0.3, -0.25) is 4.79 Å². The van der Waals surface area contributed by atoms with Crippen LogP contribution in [0, 0.1) is 0 Å². The summed E-state index contributed by atoms with van der Waals surface area (Å²) in [6.07, 6.45) is 0.800. The van der Waals surface area contributed by atoms with Gasteiger partial charge in [-0.1, -0.05) is 12.1 Å². The van der Waals surface area contributed by atoms with Gasteiger partial charge in [0.25, 0.3) is 5.91 Å². The summed E-state index contributed by atoms with van der Waals surface area (Å²) in [5.41, 5.74) is 2.32. The molecule has 0 bridgehead atoms. The smallest absolute Gasteiger partial charge is 0.264 e. The summed E-state index contributed by atoms with van der Waals surface area (Å²) < 4.78 is 11.0. The van der Waals surface area contributed by atoms with Crippen LogP contribution in [0.2, 0.25) is 0 Å². The molecular formula is C20H19NO3S2. The topological polar surface area (TPSA) is 38.8 Å². The van der Waals surface area contributed by atoms with E-state index in [0.717, 1.165) is 27.5 Å². The number of hydrogen-bond acceptors (Lipinski definition) is 5. The first kappa shape index (κ1) is 17.1. The molecule has 1 unspecified atom stereocenters. The van der Waals surface area contributed by atoms with Gasteiger partial charge >= 0.3 is 0 Å². The van der Waals surface area contributed by atoms with Crippen molar-refractivity contribution < 1.29 is 14.3 Å². The van der Waals surface area contributed by atoms with E-state index in [1.165, 1.54) is 16.9 Å². The molecule has 3 heterocycles. The number of methoxy groups -OCH3 is 2. The van der Waals surface area contributed by atoms with Crippen LogP contribution in [0.3, 0.4) is 0 Å². The minimum absolute atomic E-state index is 0.0823. The molecule has 0 saturated carbocycles. The zero-order chi connectivity index (χ0) is 18.1. The van der Waals surface area contributed by atoms with E-state index in [4.69, 9.17) is 9.47 Å². The number of hydrogen-bond donors (Lipinski definition) is 0. The van der Waals surface area contributed by atoms with E-state index in [-0.39, 0.29) is 11.9 Å². The Balaban J connectivity index is 1.83. The summed E-state index contributed by atoms with van der Waals surface area (Å²) in [5, 5.41) is 4.00. The van der Waals surface area contributed by atoms with E-state index >= 15 is 0 Å². The second-order valence-corrected chi connectivity index (χ2v) is 7.98. The molecule has 0 N–H and O–H groups in total. The van der Waals surface area contributed by atoms with Gasteiger partial charge in [0.1, 0.15) is 0 Å². The monoisotopic (exact) mass is 385 g/mol. The molecule has 0 spiro atoms. The molecule has 0 radical (unpaired) electrons. The van der Waals surface area contributed by atoms with Crippen LogP contribution in [0.15, 0.2) is 47.2 Å². The van der Waals surface area contributed by atoms with E-state index in [0.29, 0.717) is 12.3 Å². The van der Waals surface area contributed by atoms with Gasteiger partial charge in [0.15, 0.2) is 11.5 Å². The first-order valence-corrected chi connectivity index (χ1v) is 10.1. The van der Waals surface area contributed by atoms with E-state index in [9.17, 15) is 4.79 Å². The van der Waals surface area contributed by atoms with Gasteiger partial charge in [0, 0.05) is 11.4 Å². The van der Waals surface area contributed by atoms with Crippen LogP contribution in [0.1, 0.15) is 31.7 Å². The molecule has 3 aromatic rings. The summed E-state index contributed by atoms with van der Waals surface area (Å²) in [6.45, 7) is 0.682. The highest BCUT2D eigenvalue weighted by Crippen LogP contribution is 2.42. The number of thiophene rings is 2. The molecule has 2 aromatic heterocycles. The van der Waals surface area contributed by atoms with Crippen LogP contribution in [0.4, 0.5) is 0 Å². The fourth-order valence-electron chi connectivity index (χ4n) is 3.46. The first-order chi connectivity index (χ1) is 12.7. The summed E-state index contributed by atoms with van der Waals surface area (Å²) in [4.78, 5) is 17.0. The largest absolute Gasteiger partial charge is 0.493 e. The number of rotatable bonds is 4. The minimum Gasteiger partial charge on any atom is -0.493 e. The maximum atomic E-state index is 13.1. The number of fused-ring (bicyclic) bond motifs is 1. The number of ether oxygens (including phenoxy) is 2. The molecule has 0 aliphatic carbocycles. The standard InChI is InChI=1S/C20H19NO3S2/c1-23-15-11-13-7-8-21(20(22)18-6-4-10-26-18)19(17-5-3-9-25-17)14(13)12-16(15)24-2/h3-6,9-12,19H,7-8H2,1-2H3. The van der Waals surface area contributed by atoms with Crippen molar-refractivity contribution in [3.63, 3.8) is 0 Å². The second-order valence-electron chi connectivity index (χ2n) is 6.05. The fraction of sp³-hybridized carbons (Fsp3) is 0.250. The molecule has 4 rings (SSSR count). The van der Waals surface area contributed by atoms with E-state index in [2.05, 4.69) is 11.4 Å². The summed E-state index contributed by atoms with van der Waals surface area (Å²) in [5.74, 6) is 1.51. The van der Waals surface area contributed by atoms with E-state index < -0.39 is 0 Å². The Morgan fingerprint density at radius 1 is 1.08 bits per heavy atom. The predicted octanol–water partition coefficient (Wildman–Crippen LogP) is 4.61. The number of amides is 1. The van der Waals surface area contributed by atoms with Crippen molar-refractivity contribution in [3.05, 3.63) is 68.0 Å². The third kappa shape index (κ3) is 2.89. The molecule has 1 amide bonds. The van der Waals surface area contributed by atoms with Crippen molar-refractivity contribution in [2.45, 2.75) is 12.5 Å². The lowest BCUT2D eigenvalue weighted by Crippen LogP contribution is -2.40. The Kier molecular flexibility index (Phi) is 4.70. The van der Waals surface area contributed by atoms with Gasteiger partial charge in [-0.25, -0.2) is 0 Å². The Hall–Kier alpha value is -2.31. The number of carbonyl (C=O) groups excluding carboxylic acids is 1. The van der Waals surface area contributed by atoms with Crippen molar-refractivity contribution in [1.29, 1.82) is 0 Å². The van der Waals surface area contributed by atoms with E-state index in [1.54, 1.807) is 25.6 Å². The van der Waals surface area contributed by atoms with Gasteiger partial charge in [-0.2, -0.15) is 0 Å². The second kappa shape index (κ2) is 7.13. The predicted molar refractivity (Wildman–Crippen MR) is 105 cm³/mol. The first-order valence-electron chi connectivity index (χ1n) is 8.35. The maximum Gasteiger partial charge on any atom is 0.264 e. The van der Waals surface area contributed by atoms with E-state index in [1.807, 2.05) is 40.6 Å². The maximum absolute atomic E-state index is 13.1. The lowest BCUT2D eigenvalue weighted by molar-refractivity contribution is 0.0702. The zero-order valence-electron chi connectivity index (χ0n) is 14.6. The third-order valence-corrected chi connectivity index (χ3v) is 6.46. The van der Waals surface area contributed by atoms with Crippen LogP contribution in [0.25, 0.3) is 0 Å². The Morgan fingerprint density at radius 2 is 1.81 bits per heavy atom. The van der Waals surface area contributed by atoms with Crippen LogP contribution in [0.5, 0.6) is 11.5 Å². The highest BCUT2D eigenvalue weighted by molar-refractivity contribution is 7.12. The normalized spacial score (nSPS) is 16.2.